The molecule has 1 rings (SSSR count). The van der Waals surface area contributed by atoms with Gasteiger partial charge in [-0.1, -0.05) is 35.7 Å². The van der Waals surface area contributed by atoms with Gasteiger partial charge in [-0.25, -0.2) is 0 Å². The van der Waals surface area contributed by atoms with Gasteiger partial charge in [0.2, 0.25) is 0 Å². The quantitative estimate of drug-likeness (QED) is 0.542. The van der Waals surface area contributed by atoms with Crippen molar-refractivity contribution >= 4 is 15.9 Å². The van der Waals surface area contributed by atoms with Crippen LogP contribution in [0.3, 0.4) is 0 Å². The molecule has 0 unspecified atom stereocenters. The van der Waals surface area contributed by atoms with Crippen LogP contribution in [0.25, 0.3) is 0 Å². The van der Waals surface area contributed by atoms with Crippen molar-refractivity contribution < 1.29 is 9.47 Å². The maximum absolute atomic E-state index is 5.99. The maximum atomic E-state index is 5.99. The summed E-state index contributed by atoms with van der Waals surface area (Å²) in [4.78, 5) is 0. The average Bonchev–Trinajstić information content (AvgIpc) is 2.26. The van der Waals surface area contributed by atoms with E-state index in [1.54, 1.807) is 0 Å². The van der Waals surface area contributed by atoms with E-state index in [-0.39, 0.29) is 5.60 Å². The van der Waals surface area contributed by atoms with Gasteiger partial charge in [-0.2, -0.15) is 0 Å². The van der Waals surface area contributed by atoms with Gasteiger partial charge in [0.05, 0.1) is 5.60 Å². The predicted octanol–water partition coefficient (Wildman–Crippen LogP) is 3.14. The number of hydrogen-bond acceptors (Lipinski definition) is 2. The van der Waals surface area contributed by atoms with Crippen molar-refractivity contribution in [3.05, 3.63) is 0 Å². The molecule has 0 amide bonds. The SMILES string of the molecule is CCCCCOC1(CBr)CCOCC1. The molecule has 0 spiro atoms. The molecule has 1 aliphatic heterocycles. The van der Waals surface area contributed by atoms with E-state index in [1.807, 2.05) is 0 Å². The molecule has 14 heavy (non-hydrogen) atoms. The second kappa shape index (κ2) is 6.81. The van der Waals surface area contributed by atoms with Crippen LogP contribution in [0.4, 0.5) is 0 Å². The molecule has 1 fully saturated rings. The van der Waals surface area contributed by atoms with Crippen LogP contribution < -0.4 is 0 Å². The summed E-state index contributed by atoms with van der Waals surface area (Å²) in [5.74, 6) is 0. The molecular weight excluding hydrogens is 244 g/mol. The van der Waals surface area contributed by atoms with Crippen molar-refractivity contribution in [2.75, 3.05) is 25.2 Å². The van der Waals surface area contributed by atoms with Crippen molar-refractivity contribution in [1.29, 1.82) is 0 Å². The number of ether oxygens (including phenoxy) is 2. The third-order valence-electron chi connectivity index (χ3n) is 2.80. The molecule has 1 heterocycles. The van der Waals surface area contributed by atoms with Gasteiger partial charge in [0, 0.05) is 38.0 Å². The van der Waals surface area contributed by atoms with Crippen molar-refractivity contribution in [3.8, 4) is 0 Å². The monoisotopic (exact) mass is 264 g/mol. The van der Waals surface area contributed by atoms with Crippen molar-refractivity contribution in [3.63, 3.8) is 0 Å². The van der Waals surface area contributed by atoms with Crippen molar-refractivity contribution in [1.82, 2.24) is 0 Å². The lowest BCUT2D eigenvalue weighted by atomic mass is 9.96. The van der Waals surface area contributed by atoms with Crippen LogP contribution in [0, 0.1) is 0 Å². The van der Waals surface area contributed by atoms with E-state index in [0.29, 0.717) is 0 Å². The molecule has 0 aliphatic carbocycles. The van der Waals surface area contributed by atoms with Crippen LogP contribution in [0.2, 0.25) is 0 Å². The molecule has 1 saturated heterocycles. The molecule has 0 N–H and O–H groups in total. The normalized spacial score (nSPS) is 21.0. The Morgan fingerprint density at radius 1 is 1.29 bits per heavy atom. The Morgan fingerprint density at radius 2 is 2.00 bits per heavy atom. The lowest BCUT2D eigenvalue weighted by molar-refractivity contribution is -0.0959. The Kier molecular flexibility index (Phi) is 6.06. The molecular formula is C11H21BrO2. The Bertz CT molecular complexity index is 144. The zero-order valence-corrected chi connectivity index (χ0v) is 10.6. The molecule has 0 radical (unpaired) electrons. The summed E-state index contributed by atoms with van der Waals surface area (Å²) < 4.78 is 11.3. The van der Waals surface area contributed by atoms with Gasteiger partial charge in [-0.05, 0) is 6.42 Å². The first-order chi connectivity index (χ1) is 6.83. The number of rotatable bonds is 6. The van der Waals surface area contributed by atoms with E-state index in [1.165, 1.54) is 19.3 Å². The van der Waals surface area contributed by atoms with Gasteiger partial charge in [-0.15, -0.1) is 0 Å². The molecule has 0 aromatic carbocycles. The highest BCUT2D eigenvalue weighted by molar-refractivity contribution is 9.09. The zero-order chi connectivity index (χ0) is 10.3. The second-order valence-electron chi connectivity index (χ2n) is 3.98. The third-order valence-corrected chi connectivity index (χ3v) is 3.83. The van der Waals surface area contributed by atoms with E-state index in [0.717, 1.165) is 38.0 Å². The summed E-state index contributed by atoms with van der Waals surface area (Å²) in [5, 5.41) is 0.940. The molecule has 2 nitrogen and oxygen atoms in total. The first-order valence-corrected chi connectivity index (χ1v) is 6.73. The fourth-order valence-electron chi connectivity index (χ4n) is 1.70. The highest BCUT2D eigenvalue weighted by Crippen LogP contribution is 2.27. The second-order valence-corrected chi connectivity index (χ2v) is 4.55. The first kappa shape index (κ1) is 12.5. The summed E-state index contributed by atoms with van der Waals surface area (Å²) in [6.07, 6.45) is 5.78. The number of unbranched alkanes of at least 4 members (excludes halogenated alkanes) is 2. The highest BCUT2D eigenvalue weighted by atomic mass is 79.9. The molecule has 0 aromatic heterocycles. The Morgan fingerprint density at radius 3 is 2.57 bits per heavy atom. The molecule has 84 valence electrons. The predicted molar refractivity (Wildman–Crippen MR) is 62.1 cm³/mol. The van der Waals surface area contributed by atoms with Crippen LogP contribution >= 0.6 is 15.9 Å². The van der Waals surface area contributed by atoms with Crippen molar-refractivity contribution in [2.45, 2.75) is 44.6 Å². The third kappa shape index (κ3) is 3.87. The number of halogens is 1. The smallest absolute Gasteiger partial charge is 0.0822 e. The minimum Gasteiger partial charge on any atom is -0.381 e. The van der Waals surface area contributed by atoms with Crippen molar-refractivity contribution in [2.24, 2.45) is 0 Å². The van der Waals surface area contributed by atoms with Crippen LogP contribution in [0.5, 0.6) is 0 Å². The number of alkyl halides is 1. The van der Waals surface area contributed by atoms with Gasteiger partial charge < -0.3 is 9.47 Å². The molecule has 0 bridgehead atoms. The summed E-state index contributed by atoms with van der Waals surface area (Å²) in [7, 11) is 0. The van der Waals surface area contributed by atoms with Gasteiger partial charge >= 0.3 is 0 Å². The zero-order valence-electron chi connectivity index (χ0n) is 9.06. The summed E-state index contributed by atoms with van der Waals surface area (Å²) in [5.41, 5.74) is 0.0615. The lowest BCUT2D eigenvalue weighted by Crippen LogP contribution is -2.41. The standard InChI is InChI=1S/C11H21BrO2/c1-2-3-4-7-14-11(10-12)5-8-13-9-6-11/h2-10H2,1H3. The van der Waals surface area contributed by atoms with Crippen LogP contribution in [-0.4, -0.2) is 30.8 Å². The van der Waals surface area contributed by atoms with E-state index >= 15 is 0 Å². The summed E-state index contributed by atoms with van der Waals surface area (Å²) >= 11 is 3.56. The molecule has 0 atom stereocenters. The van der Waals surface area contributed by atoms with Gasteiger partial charge in [0.25, 0.3) is 0 Å². The van der Waals surface area contributed by atoms with E-state index in [2.05, 4.69) is 22.9 Å². The highest BCUT2D eigenvalue weighted by Gasteiger charge is 2.32. The first-order valence-electron chi connectivity index (χ1n) is 5.61. The summed E-state index contributed by atoms with van der Waals surface area (Å²) in [6, 6.07) is 0. The maximum Gasteiger partial charge on any atom is 0.0822 e. The van der Waals surface area contributed by atoms with Crippen LogP contribution in [0.1, 0.15) is 39.0 Å². The van der Waals surface area contributed by atoms with Crippen LogP contribution in [-0.2, 0) is 9.47 Å². The largest absolute Gasteiger partial charge is 0.381 e. The fraction of sp³-hybridized carbons (Fsp3) is 1.00. The fourth-order valence-corrected chi connectivity index (χ4v) is 2.42. The van der Waals surface area contributed by atoms with Gasteiger partial charge in [0.1, 0.15) is 0 Å². The van der Waals surface area contributed by atoms with Gasteiger partial charge in [-0.3, -0.25) is 0 Å². The van der Waals surface area contributed by atoms with E-state index in [4.69, 9.17) is 9.47 Å². The van der Waals surface area contributed by atoms with E-state index in [9.17, 15) is 0 Å². The molecule has 3 heteroatoms. The Balaban J connectivity index is 2.22. The molecule has 0 aromatic rings. The Hall–Kier alpha value is 0.400. The Labute approximate surface area is 95.5 Å². The molecule has 1 aliphatic rings. The number of hydrogen-bond donors (Lipinski definition) is 0. The van der Waals surface area contributed by atoms with Gasteiger partial charge in [0.15, 0.2) is 0 Å². The molecule has 0 saturated carbocycles. The van der Waals surface area contributed by atoms with E-state index < -0.39 is 0 Å². The average molecular weight is 265 g/mol. The summed E-state index contributed by atoms with van der Waals surface area (Å²) in [6.45, 7) is 4.81. The minimum absolute atomic E-state index is 0.0615. The topological polar surface area (TPSA) is 18.5 Å². The van der Waals surface area contributed by atoms with Crippen LogP contribution in [0.15, 0.2) is 0 Å². The lowest BCUT2D eigenvalue weighted by Gasteiger charge is -2.35. The minimum atomic E-state index is 0.0615.